The maximum Gasteiger partial charge on any atom is 0.224 e. The number of rotatable bonds is 10. The van der Waals surface area contributed by atoms with E-state index in [0.717, 1.165) is 42.3 Å². The smallest absolute Gasteiger partial charge is 0.224 e. The Hall–Kier alpha value is -2.54. The van der Waals surface area contributed by atoms with Gasteiger partial charge in [0.1, 0.15) is 5.82 Å². The van der Waals surface area contributed by atoms with E-state index in [-0.39, 0.29) is 0 Å². The van der Waals surface area contributed by atoms with Gasteiger partial charge in [0, 0.05) is 24.8 Å². The molecule has 7 heteroatoms. The van der Waals surface area contributed by atoms with Crippen molar-refractivity contribution < 1.29 is 9.47 Å². The summed E-state index contributed by atoms with van der Waals surface area (Å²) in [7, 11) is 7.41. The van der Waals surface area contributed by atoms with Crippen LogP contribution < -0.4 is 20.1 Å². The molecule has 0 atom stereocenters. The molecule has 0 bridgehead atoms. The van der Waals surface area contributed by atoms with Crippen molar-refractivity contribution in [1.29, 1.82) is 0 Å². The van der Waals surface area contributed by atoms with Crippen LogP contribution in [0.5, 0.6) is 11.5 Å². The minimum atomic E-state index is 0.636. The summed E-state index contributed by atoms with van der Waals surface area (Å²) in [6, 6.07) is 7.80. The van der Waals surface area contributed by atoms with Crippen LogP contribution in [0.3, 0.4) is 0 Å². The van der Waals surface area contributed by atoms with Crippen LogP contribution in [0.1, 0.15) is 17.7 Å². The summed E-state index contributed by atoms with van der Waals surface area (Å²) in [6.45, 7) is 4.48. The first-order valence-electron chi connectivity index (χ1n) is 8.71. The summed E-state index contributed by atoms with van der Waals surface area (Å²) in [5.74, 6) is 2.88. The SMILES string of the molecule is COc1ccc(CNc2cc(C)nc(NCCCN(C)C)n2)cc1OC. The zero-order chi connectivity index (χ0) is 18.9. The maximum atomic E-state index is 5.35. The van der Waals surface area contributed by atoms with Crippen LogP contribution in [-0.2, 0) is 6.54 Å². The number of hydrogen-bond acceptors (Lipinski definition) is 7. The minimum Gasteiger partial charge on any atom is -0.493 e. The van der Waals surface area contributed by atoms with Crippen LogP contribution in [0, 0.1) is 6.92 Å². The fourth-order valence-electron chi connectivity index (χ4n) is 2.52. The van der Waals surface area contributed by atoms with Gasteiger partial charge in [0.25, 0.3) is 0 Å². The number of benzene rings is 1. The van der Waals surface area contributed by atoms with Crippen molar-refractivity contribution in [3.8, 4) is 11.5 Å². The topological polar surface area (TPSA) is 71.5 Å². The van der Waals surface area contributed by atoms with Crippen molar-refractivity contribution in [2.24, 2.45) is 0 Å². The molecule has 0 radical (unpaired) electrons. The molecule has 0 aliphatic carbocycles. The number of nitrogens with one attached hydrogen (secondary N) is 2. The first-order chi connectivity index (χ1) is 12.5. The minimum absolute atomic E-state index is 0.636. The number of ether oxygens (including phenoxy) is 2. The van der Waals surface area contributed by atoms with E-state index in [0.29, 0.717) is 18.2 Å². The molecule has 2 aromatic rings. The van der Waals surface area contributed by atoms with Gasteiger partial charge in [-0.25, -0.2) is 4.98 Å². The van der Waals surface area contributed by atoms with E-state index in [4.69, 9.17) is 9.47 Å². The molecule has 7 nitrogen and oxygen atoms in total. The lowest BCUT2D eigenvalue weighted by Gasteiger charge is -2.13. The highest BCUT2D eigenvalue weighted by Crippen LogP contribution is 2.27. The van der Waals surface area contributed by atoms with Crippen LogP contribution in [-0.4, -0.2) is 56.3 Å². The second-order valence-corrected chi connectivity index (χ2v) is 6.34. The molecule has 0 spiro atoms. The van der Waals surface area contributed by atoms with Crippen molar-refractivity contribution >= 4 is 11.8 Å². The third kappa shape index (κ3) is 6.07. The number of nitrogens with zero attached hydrogens (tertiary/aromatic N) is 3. The first kappa shape index (κ1) is 19.8. The fraction of sp³-hybridized carbons (Fsp3) is 0.474. The van der Waals surface area contributed by atoms with Gasteiger partial charge >= 0.3 is 0 Å². The fourth-order valence-corrected chi connectivity index (χ4v) is 2.52. The largest absolute Gasteiger partial charge is 0.493 e. The van der Waals surface area contributed by atoms with E-state index < -0.39 is 0 Å². The van der Waals surface area contributed by atoms with Gasteiger partial charge in [-0.3, -0.25) is 0 Å². The zero-order valence-electron chi connectivity index (χ0n) is 16.3. The first-order valence-corrected chi connectivity index (χ1v) is 8.71. The number of hydrogen-bond donors (Lipinski definition) is 2. The molecule has 0 fully saturated rings. The second kappa shape index (κ2) is 9.82. The molecule has 0 aliphatic rings. The lowest BCUT2D eigenvalue weighted by atomic mass is 10.2. The summed E-state index contributed by atoms with van der Waals surface area (Å²) in [4.78, 5) is 11.1. The number of anilines is 2. The Morgan fingerprint density at radius 1 is 1.00 bits per heavy atom. The molecule has 0 saturated heterocycles. The van der Waals surface area contributed by atoms with E-state index >= 15 is 0 Å². The lowest BCUT2D eigenvalue weighted by Crippen LogP contribution is -2.17. The number of aromatic nitrogens is 2. The molecule has 0 amide bonds. The van der Waals surface area contributed by atoms with Crippen molar-refractivity contribution in [2.45, 2.75) is 19.9 Å². The zero-order valence-corrected chi connectivity index (χ0v) is 16.3. The Labute approximate surface area is 155 Å². The number of methoxy groups -OCH3 is 2. The Kier molecular flexibility index (Phi) is 7.47. The van der Waals surface area contributed by atoms with Crippen LogP contribution in [0.2, 0.25) is 0 Å². The van der Waals surface area contributed by atoms with Gasteiger partial charge in [0.2, 0.25) is 5.95 Å². The van der Waals surface area contributed by atoms with Gasteiger partial charge in [0.15, 0.2) is 11.5 Å². The molecule has 0 aliphatic heterocycles. The molecule has 0 saturated carbocycles. The van der Waals surface area contributed by atoms with Gasteiger partial charge in [-0.2, -0.15) is 4.98 Å². The number of aryl methyl sites for hydroxylation is 1. The van der Waals surface area contributed by atoms with Crippen LogP contribution in [0.4, 0.5) is 11.8 Å². The normalized spacial score (nSPS) is 10.7. The van der Waals surface area contributed by atoms with Crippen LogP contribution in [0.15, 0.2) is 24.3 Å². The van der Waals surface area contributed by atoms with Gasteiger partial charge in [-0.05, 0) is 51.7 Å². The predicted molar refractivity (Wildman–Crippen MR) is 105 cm³/mol. The van der Waals surface area contributed by atoms with E-state index in [1.54, 1.807) is 14.2 Å². The Morgan fingerprint density at radius 3 is 2.46 bits per heavy atom. The summed E-state index contributed by atoms with van der Waals surface area (Å²) in [6.07, 6.45) is 1.04. The van der Waals surface area contributed by atoms with E-state index in [2.05, 4.69) is 39.6 Å². The standard InChI is InChI=1S/C19H29N5O2/c1-14-11-18(23-19(22-14)20-9-6-10-24(2)3)21-13-15-7-8-16(25-4)17(12-15)26-5/h7-8,11-12H,6,9-10,13H2,1-5H3,(H2,20,21,22,23). The van der Waals surface area contributed by atoms with Crippen molar-refractivity contribution in [1.82, 2.24) is 14.9 Å². The molecule has 1 heterocycles. The molecule has 142 valence electrons. The monoisotopic (exact) mass is 359 g/mol. The van der Waals surface area contributed by atoms with Crippen molar-refractivity contribution in [3.63, 3.8) is 0 Å². The highest BCUT2D eigenvalue weighted by molar-refractivity contribution is 5.46. The van der Waals surface area contributed by atoms with E-state index in [1.807, 2.05) is 31.2 Å². The molecular formula is C19H29N5O2. The average Bonchev–Trinajstić information content (AvgIpc) is 2.62. The van der Waals surface area contributed by atoms with Crippen molar-refractivity contribution in [3.05, 3.63) is 35.5 Å². The summed E-state index contributed by atoms with van der Waals surface area (Å²) >= 11 is 0. The van der Waals surface area contributed by atoms with Gasteiger partial charge in [0.05, 0.1) is 14.2 Å². The molecule has 1 aromatic carbocycles. The highest BCUT2D eigenvalue weighted by Gasteiger charge is 2.06. The third-order valence-electron chi connectivity index (χ3n) is 3.84. The summed E-state index contributed by atoms with van der Waals surface area (Å²) in [5.41, 5.74) is 2.00. The summed E-state index contributed by atoms with van der Waals surface area (Å²) < 4.78 is 10.6. The molecule has 26 heavy (non-hydrogen) atoms. The van der Waals surface area contributed by atoms with Crippen molar-refractivity contribution in [2.75, 3.05) is 52.0 Å². The Balaban J connectivity index is 1.96. The van der Waals surface area contributed by atoms with Crippen LogP contribution in [0.25, 0.3) is 0 Å². The van der Waals surface area contributed by atoms with E-state index in [9.17, 15) is 0 Å². The molecule has 2 N–H and O–H groups in total. The van der Waals surface area contributed by atoms with Crippen LogP contribution >= 0.6 is 0 Å². The van der Waals surface area contributed by atoms with Gasteiger partial charge in [-0.15, -0.1) is 0 Å². The maximum absolute atomic E-state index is 5.35. The Morgan fingerprint density at radius 2 is 1.77 bits per heavy atom. The predicted octanol–water partition coefficient (Wildman–Crippen LogP) is 2.78. The molecular weight excluding hydrogens is 330 g/mol. The average molecular weight is 359 g/mol. The lowest BCUT2D eigenvalue weighted by molar-refractivity contribution is 0.354. The highest BCUT2D eigenvalue weighted by atomic mass is 16.5. The summed E-state index contributed by atoms with van der Waals surface area (Å²) in [5, 5.41) is 6.63. The van der Waals surface area contributed by atoms with E-state index in [1.165, 1.54) is 0 Å². The van der Waals surface area contributed by atoms with Gasteiger partial charge < -0.3 is 25.0 Å². The van der Waals surface area contributed by atoms with Gasteiger partial charge in [-0.1, -0.05) is 6.07 Å². The molecule has 0 unspecified atom stereocenters. The second-order valence-electron chi connectivity index (χ2n) is 6.34. The third-order valence-corrected chi connectivity index (χ3v) is 3.84. The molecule has 1 aromatic heterocycles. The molecule has 2 rings (SSSR count). The quantitative estimate of drug-likeness (QED) is 0.632. The Bertz CT molecular complexity index is 706.